The smallest absolute Gasteiger partial charge is 0.0576 e. The Morgan fingerprint density at radius 3 is 2.64 bits per heavy atom. The maximum atomic E-state index is 6.24. The van der Waals surface area contributed by atoms with Crippen molar-refractivity contribution < 1.29 is 4.74 Å². The number of alkyl halides is 1. The third-order valence-electron chi connectivity index (χ3n) is 3.69. The molecule has 0 N–H and O–H groups in total. The van der Waals surface area contributed by atoms with Gasteiger partial charge in [-0.15, -0.1) is 11.6 Å². The second-order valence-electron chi connectivity index (χ2n) is 4.77. The van der Waals surface area contributed by atoms with Gasteiger partial charge in [0, 0.05) is 12.0 Å². The van der Waals surface area contributed by atoms with E-state index in [2.05, 4.69) is 0 Å². The van der Waals surface area contributed by atoms with Gasteiger partial charge < -0.3 is 4.74 Å². The minimum absolute atomic E-state index is 0.472. The molecule has 1 aliphatic heterocycles. The zero-order chi connectivity index (χ0) is 9.80. The van der Waals surface area contributed by atoms with E-state index in [-0.39, 0.29) is 0 Å². The van der Waals surface area contributed by atoms with E-state index in [0.29, 0.717) is 11.5 Å². The van der Waals surface area contributed by atoms with Crippen molar-refractivity contribution in [1.82, 2.24) is 0 Å². The lowest BCUT2D eigenvalue weighted by atomic mass is 9.98. The predicted octanol–water partition coefficient (Wildman–Crippen LogP) is 3.74. The van der Waals surface area contributed by atoms with Crippen molar-refractivity contribution in [3.63, 3.8) is 0 Å². The summed E-state index contributed by atoms with van der Waals surface area (Å²) in [4.78, 5) is 0. The first kappa shape index (κ1) is 10.8. The van der Waals surface area contributed by atoms with Gasteiger partial charge in [0.2, 0.25) is 0 Å². The molecule has 2 heteroatoms. The highest BCUT2D eigenvalue weighted by molar-refractivity contribution is 6.20. The van der Waals surface area contributed by atoms with Crippen molar-refractivity contribution in [3.05, 3.63) is 0 Å². The molecule has 1 saturated heterocycles. The third-order valence-corrected chi connectivity index (χ3v) is 4.27. The molecule has 0 amide bonds. The fourth-order valence-electron chi connectivity index (χ4n) is 2.80. The Labute approximate surface area is 92.2 Å². The number of ether oxygens (including phenoxy) is 1. The summed E-state index contributed by atoms with van der Waals surface area (Å²) in [6, 6.07) is 0. The van der Waals surface area contributed by atoms with Gasteiger partial charge >= 0.3 is 0 Å². The SMILES string of the molecule is ClC1CCCC1CCCC1CCCO1. The van der Waals surface area contributed by atoms with Gasteiger partial charge in [-0.1, -0.05) is 12.8 Å². The van der Waals surface area contributed by atoms with E-state index in [9.17, 15) is 0 Å². The highest BCUT2D eigenvalue weighted by Gasteiger charge is 2.25. The van der Waals surface area contributed by atoms with Gasteiger partial charge in [-0.25, -0.2) is 0 Å². The van der Waals surface area contributed by atoms with Crippen molar-refractivity contribution in [2.45, 2.75) is 62.8 Å². The largest absolute Gasteiger partial charge is 0.378 e. The van der Waals surface area contributed by atoms with E-state index in [1.807, 2.05) is 0 Å². The van der Waals surface area contributed by atoms with Crippen molar-refractivity contribution >= 4 is 11.6 Å². The monoisotopic (exact) mass is 216 g/mol. The molecule has 2 aliphatic rings. The molecule has 3 unspecified atom stereocenters. The van der Waals surface area contributed by atoms with E-state index in [4.69, 9.17) is 16.3 Å². The molecule has 2 rings (SSSR count). The summed E-state index contributed by atoms with van der Waals surface area (Å²) < 4.78 is 5.61. The summed E-state index contributed by atoms with van der Waals surface area (Å²) in [6.07, 6.45) is 11.0. The molecule has 0 aromatic rings. The van der Waals surface area contributed by atoms with Crippen molar-refractivity contribution in [3.8, 4) is 0 Å². The van der Waals surface area contributed by atoms with Crippen LogP contribution in [0.25, 0.3) is 0 Å². The van der Waals surface area contributed by atoms with E-state index in [1.54, 1.807) is 0 Å². The second-order valence-corrected chi connectivity index (χ2v) is 5.33. The average Bonchev–Trinajstić information content (AvgIpc) is 2.78. The Morgan fingerprint density at radius 2 is 2.00 bits per heavy atom. The van der Waals surface area contributed by atoms with Crippen LogP contribution in [0.4, 0.5) is 0 Å². The first-order chi connectivity index (χ1) is 6.86. The minimum Gasteiger partial charge on any atom is -0.378 e. The van der Waals surface area contributed by atoms with E-state index >= 15 is 0 Å². The lowest BCUT2D eigenvalue weighted by Gasteiger charge is -2.14. The molecule has 1 nitrogen and oxygen atoms in total. The molecule has 0 bridgehead atoms. The summed E-state index contributed by atoms with van der Waals surface area (Å²) in [5.41, 5.74) is 0. The highest BCUT2D eigenvalue weighted by Crippen LogP contribution is 2.34. The molecule has 0 aromatic heterocycles. The molecule has 14 heavy (non-hydrogen) atoms. The van der Waals surface area contributed by atoms with Crippen LogP contribution in [0.2, 0.25) is 0 Å². The summed E-state index contributed by atoms with van der Waals surface area (Å²) >= 11 is 6.24. The Morgan fingerprint density at radius 1 is 1.07 bits per heavy atom. The van der Waals surface area contributed by atoms with Crippen LogP contribution in [0.1, 0.15) is 51.4 Å². The van der Waals surface area contributed by atoms with Crippen molar-refractivity contribution in [2.75, 3.05) is 6.61 Å². The Balaban J connectivity index is 1.57. The van der Waals surface area contributed by atoms with Crippen LogP contribution in [-0.2, 0) is 4.74 Å². The summed E-state index contributed by atoms with van der Waals surface area (Å²) in [5.74, 6) is 0.804. The first-order valence-electron chi connectivity index (χ1n) is 6.12. The molecule has 1 saturated carbocycles. The molecular weight excluding hydrogens is 196 g/mol. The molecule has 1 heterocycles. The van der Waals surface area contributed by atoms with Gasteiger partial charge in [0.15, 0.2) is 0 Å². The van der Waals surface area contributed by atoms with E-state index in [1.165, 1.54) is 51.4 Å². The van der Waals surface area contributed by atoms with E-state index in [0.717, 1.165) is 12.5 Å². The average molecular weight is 217 g/mol. The van der Waals surface area contributed by atoms with Crippen LogP contribution in [0, 0.1) is 5.92 Å². The van der Waals surface area contributed by atoms with Crippen LogP contribution in [0.3, 0.4) is 0 Å². The Hall–Kier alpha value is 0.250. The zero-order valence-corrected chi connectivity index (χ0v) is 9.64. The fourth-order valence-corrected chi connectivity index (χ4v) is 3.20. The summed E-state index contributed by atoms with van der Waals surface area (Å²) in [5, 5.41) is 0.472. The van der Waals surface area contributed by atoms with Crippen LogP contribution >= 0.6 is 11.6 Å². The minimum atomic E-state index is 0.472. The maximum Gasteiger partial charge on any atom is 0.0576 e. The lowest BCUT2D eigenvalue weighted by Crippen LogP contribution is -2.09. The van der Waals surface area contributed by atoms with Crippen molar-refractivity contribution in [2.24, 2.45) is 5.92 Å². The number of halogens is 1. The molecule has 2 fully saturated rings. The molecule has 0 aromatic carbocycles. The normalized spacial score (nSPS) is 37.9. The van der Waals surface area contributed by atoms with Gasteiger partial charge in [0.25, 0.3) is 0 Å². The first-order valence-corrected chi connectivity index (χ1v) is 6.55. The molecule has 82 valence electrons. The second kappa shape index (κ2) is 5.37. The third kappa shape index (κ3) is 2.87. The van der Waals surface area contributed by atoms with Gasteiger partial charge in [0.1, 0.15) is 0 Å². The van der Waals surface area contributed by atoms with Crippen LogP contribution in [0.15, 0.2) is 0 Å². The molecule has 1 aliphatic carbocycles. The van der Waals surface area contributed by atoms with Crippen LogP contribution < -0.4 is 0 Å². The maximum absolute atomic E-state index is 6.24. The van der Waals surface area contributed by atoms with Gasteiger partial charge in [0.05, 0.1) is 6.10 Å². The van der Waals surface area contributed by atoms with Gasteiger partial charge in [-0.2, -0.15) is 0 Å². The van der Waals surface area contributed by atoms with Gasteiger partial charge in [-0.05, 0) is 44.4 Å². The van der Waals surface area contributed by atoms with Gasteiger partial charge in [-0.3, -0.25) is 0 Å². The number of hydrogen-bond acceptors (Lipinski definition) is 1. The Bertz CT molecular complexity index is 166. The summed E-state index contributed by atoms with van der Waals surface area (Å²) in [6.45, 7) is 0.992. The molecule has 0 radical (unpaired) electrons. The summed E-state index contributed by atoms with van der Waals surface area (Å²) in [7, 11) is 0. The highest BCUT2D eigenvalue weighted by atomic mass is 35.5. The zero-order valence-electron chi connectivity index (χ0n) is 8.88. The fraction of sp³-hybridized carbons (Fsp3) is 1.00. The van der Waals surface area contributed by atoms with E-state index < -0.39 is 0 Å². The topological polar surface area (TPSA) is 9.23 Å². The van der Waals surface area contributed by atoms with Crippen molar-refractivity contribution in [1.29, 1.82) is 0 Å². The predicted molar refractivity (Wildman–Crippen MR) is 59.8 cm³/mol. The lowest BCUT2D eigenvalue weighted by molar-refractivity contribution is 0.101. The number of rotatable bonds is 4. The standard InChI is InChI=1S/C12H21ClO/c13-12-8-2-5-10(12)4-1-6-11-7-3-9-14-11/h10-12H,1-9H2. The van der Waals surface area contributed by atoms with Crippen LogP contribution in [0.5, 0.6) is 0 Å². The van der Waals surface area contributed by atoms with Crippen LogP contribution in [-0.4, -0.2) is 18.1 Å². The molecule has 3 atom stereocenters. The Kier molecular flexibility index (Phi) is 4.12. The number of hydrogen-bond donors (Lipinski definition) is 0. The quantitative estimate of drug-likeness (QED) is 0.651. The molecule has 0 spiro atoms. The molecular formula is C12H21ClO.